The number of allylic oxidation sites excluding steroid dienone is 12. The van der Waals surface area contributed by atoms with Crippen LogP contribution in [0.2, 0.25) is 0 Å². The Labute approximate surface area is 242 Å². The maximum Gasteiger partial charge on any atom is 0.182 e. The van der Waals surface area contributed by atoms with Gasteiger partial charge in [0, 0.05) is 33.1 Å². The highest BCUT2D eigenvalue weighted by atomic mass is 15.4. The Morgan fingerprint density at radius 2 is 1.76 bits per heavy atom. The Kier molecular flexibility index (Phi) is 5.67. The van der Waals surface area contributed by atoms with E-state index in [0.29, 0.717) is 11.6 Å². The van der Waals surface area contributed by atoms with Crippen molar-refractivity contribution in [3.8, 4) is 0 Å². The van der Waals surface area contributed by atoms with Crippen LogP contribution in [-0.4, -0.2) is 39.3 Å². The topological polar surface area (TPSA) is 92.5 Å². The van der Waals surface area contributed by atoms with E-state index < -0.39 is 0 Å². The van der Waals surface area contributed by atoms with E-state index in [-0.39, 0.29) is 0 Å². The first kappa shape index (κ1) is 24.5. The number of aromatic amines is 2. The molecule has 0 radical (unpaired) electrons. The zero-order valence-corrected chi connectivity index (χ0v) is 23.6. The van der Waals surface area contributed by atoms with Gasteiger partial charge in [-0.1, -0.05) is 78.9 Å². The summed E-state index contributed by atoms with van der Waals surface area (Å²) >= 11 is 0. The number of aromatic nitrogens is 8. The number of hydrogen-bond donors (Lipinski definition) is 2. The van der Waals surface area contributed by atoms with E-state index in [0.717, 1.165) is 87.2 Å². The molecule has 3 aromatic heterocycles. The predicted octanol–water partition coefficient (Wildman–Crippen LogP) is 7.76. The lowest BCUT2D eigenvalue weighted by Crippen LogP contribution is -2.00. The minimum Gasteiger partial charge on any atom is -0.324 e. The molecule has 8 nitrogen and oxygen atoms in total. The fourth-order valence-electron chi connectivity index (χ4n) is 6.24. The summed E-state index contributed by atoms with van der Waals surface area (Å²) in [6, 6.07) is 8.32. The summed E-state index contributed by atoms with van der Waals surface area (Å²) in [7, 11) is 0. The first-order valence-corrected chi connectivity index (χ1v) is 14.5. The van der Waals surface area contributed by atoms with E-state index in [1.165, 1.54) is 5.70 Å². The number of rotatable bonds is 2. The molecule has 0 atom stereocenters. The van der Waals surface area contributed by atoms with Crippen LogP contribution in [0.3, 0.4) is 0 Å². The summed E-state index contributed by atoms with van der Waals surface area (Å²) in [6.45, 7) is 4.08. The molecule has 42 heavy (non-hydrogen) atoms. The molecule has 8 heteroatoms. The summed E-state index contributed by atoms with van der Waals surface area (Å²) in [5.74, 6) is 2.13. The van der Waals surface area contributed by atoms with Crippen molar-refractivity contribution in [2.24, 2.45) is 0 Å². The van der Waals surface area contributed by atoms with Crippen molar-refractivity contribution in [1.29, 1.82) is 0 Å². The Morgan fingerprint density at radius 3 is 2.64 bits per heavy atom. The lowest BCUT2D eigenvalue weighted by molar-refractivity contribution is 0.798. The number of hydrogen-bond acceptors (Lipinski definition) is 4. The molecule has 0 amide bonds. The molecule has 4 aliphatic rings. The maximum absolute atomic E-state index is 5.29. The lowest BCUT2D eigenvalue weighted by atomic mass is 10.1. The van der Waals surface area contributed by atoms with Gasteiger partial charge in [0.05, 0.1) is 11.4 Å². The second-order valence-corrected chi connectivity index (χ2v) is 10.7. The van der Waals surface area contributed by atoms with Crippen LogP contribution in [-0.2, 0) is 0 Å². The SMILES string of the molecule is C/C=C\c1c(/C=C\C)n2nc1n1[nH]c(nc3nc(nc4[nH]c2c2ccccc42)C2=C3CC=CC=C2)C2=C1CCCC=C2. The van der Waals surface area contributed by atoms with E-state index in [9.17, 15) is 0 Å². The van der Waals surface area contributed by atoms with Crippen LogP contribution < -0.4 is 0 Å². The minimum atomic E-state index is 0.657. The summed E-state index contributed by atoms with van der Waals surface area (Å²) in [6.07, 6.45) is 24.9. The Morgan fingerprint density at radius 1 is 0.881 bits per heavy atom. The summed E-state index contributed by atoms with van der Waals surface area (Å²) < 4.78 is 4.14. The molecule has 0 saturated carbocycles. The molecule has 8 rings (SSSR count). The van der Waals surface area contributed by atoms with Crippen LogP contribution in [0.5, 0.6) is 0 Å². The molecule has 2 aliphatic heterocycles. The summed E-state index contributed by atoms with van der Waals surface area (Å²) in [5, 5.41) is 11.0. The molecule has 0 fully saturated rings. The molecule has 8 bridgehead atoms. The van der Waals surface area contributed by atoms with Crippen molar-refractivity contribution in [1.82, 2.24) is 39.3 Å². The first-order chi connectivity index (χ1) is 20.7. The Bertz CT molecular complexity index is 2160. The van der Waals surface area contributed by atoms with Gasteiger partial charge in [-0.05, 0) is 45.6 Å². The van der Waals surface area contributed by atoms with E-state index in [1.807, 2.05) is 24.4 Å². The highest BCUT2D eigenvalue weighted by Gasteiger charge is 2.26. The van der Waals surface area contributed by atoms with Crippen molar-refractivity contribution in [2.75, 3.05) is 0 Å². The quantitative estimate of drug-likeness (QED) is 0.267. The van der Waals surface area contributed by atoms with Gasteiger partial charge in [-0.15, -0.1) is 5.10 Å². The predicted molar refractivity (Wildman–Crippen MR) is 171 cm³/mol. The number of fused-ring (bicyclic) bond motifs is 17. The standard InChI is InChI=1S/C34H30N8/c1-3-13-26-27(14-4-2)41-33-24-18-12-11-17-23(24)31(38-33)36-29-21-15-7-5-8-16-22(21)30(35-29)37-32-25-19-9-6-10-20-28(25)42(39-32)34(26)40-41/h3-5,7-9,11-15,17-19,38H,6,10,16,20H2,1-2H3,(H,35,36,37,39)/b13-3-,14-4-. The fourth-order valence-corrected chi connectivity index (χ4v) is 6.24. The monoisotopic (exact) mass is 550 g/mol. The van der Waals surface area contributed by atoms with E-state index in [4.69, 9.17) is 20.1 Å². The number of benzene rings is 1. The second kappa shape index (κ2) is 9.69. The van der Waals surface area contributed by atoms with Gasteiger partial charge in [-0.25, -0.2) is 24.1 Å². The summed E-state index contributed by atoms with van der Waals surface area (Å²) in [5.41, 5.74) is 8.76. The van der Waals surface area contributed by atoms with Crippen molar-refractivity contribution in [2.45, 2.75) is 39.5 Å². The van der Waals surface area contributed by atoms with Gasteiger partial charge >= 0.3 is 0 Å². The molecule has 0 saturated heterocycles. The highest BCUT2D eigenvalue weighted by Crippen LogP contribution is 2.37. The van der Waals surface area contributed by atoms with Crippen molar-refractivity contribution >= 4 is 62.3 Å². The fraction of sp³-hybridized carbons (Fsp3) is 0.176. The van der Waals surface area contributed by atoms with Gasteiger partial charge in [0.1, 0.15) is 11.3 Å². The zero-order valence-electron chi connectivity index (χ0n) is 23.6. The third kappa shape index (κ3) is 3.68. The normalized spacial score (nSPS) is 16.7. The van der Waals surface area contributed by atoms with E-state index >= 15 is 0 Å². The Balaban J connectivity index is 1.63. The minimum absolute atomic E-state index is 0.657. The lowest BCUT2D eigenvalue weighted by Gasteiger charge is -2.06. The molecule has 206 valence electrons. The number of nitrogens with one attached hydrogen (secondary N) is 2. The molecular formula is C34H30N8. The van der Waals surface area contributed by atoms with Gasteiger partial charge < -0.3 is 4.98 Å². The third-order valence-electron chi connectivity index (χ3n) is 8.13. The van der Waals surface area contributed by atoms with Crippen molar-refractivity contribution in [3.05, 3.63) is 102 Å². The molecule has 1 aromatic carbocycles. The van der Waals surface area contributed by atoms with E-state index in [2.05, 4.69) is 93.7 Å². The largest absolute Gasteiger partial charge is 0.324 e. The zero-order chi connectivity index (χ0) is 28.2. The number of nitrogens with zero attached hydrogens (tertiary/aromatic N) is 6. The van der Waals surface area contributed by atoms with Crippen LogP contribution in [0.4, 0.5) is 0 Å². The van der Waals surface area contributed by atoms with Gasteiger partial charge in [-0.3, -0.25) is 5.10 Å². The van der Waals surface area contributed by atoms with Gasteiger partial charge in [0.15, 0.2) is 23.1 Å². The van der Waals surface area contributed by atoms with Crippen LogP contribution in [0.1, 0.15) is 68.3 Å². The van der Waals surface area contributed by atoms with Gasteiger partial charge in [0.2, 0.25) is 0 Å². The first-order valence-electron chi connectivity index (χ1n) is 14.5. The molecule has 0 spiro atoms. The smallest absolute Gasteiger partial charge is 0.182 e. The maximum atomic E-state index is 5.29. The summed E-state index contributed by atoms with van der Waals surface area (Å²) in [4.78, 5) is 19.0. The average molecular weight is 551 g/mol. The molecule has 2 N–H and O–H groups in total. The van der Waals surface area contributed by atoms with Crippen molar-refractivity contribution in [3.63, 3.8) is 0 Å². The highest BCUT2D eigenvalue weighted by molar-refractivity contribution is 6.05. The molecule has 5 heterocycles. The van der Waals surface area contributed by atoms with Crippen LogP contribution in [0.25, 0.3) is 62.3 Å². The van der Waals surface area contributed by atoms with Crippen molar-refractivity contribution < 1.29 is 0 Å². The van der Waals surface area contributed by atoms with Gasteiger partial charge in [-0.2, -0.15) is 0 Å². The van der Waals surface area contributed by atoms with Crippen LogP contribution >= 0.6 is 0 Å². The average Bonchev–Trinajstić information content (AvgIpc) is 3.58. The van der Waals surface area contributed by atoms with Crippen LogP contribution in [0.15, 0.2) is 72.9 Å². The van der Waals surface area contributed by atoms with E-state index in [1.54, 1.807) is 0 Å². The Hall–Kier alpha value is -5.24. The third-order valence-corrected chi connectivity index (χ3v) is 8.13. The second-order valence-electron chi connectivity index (χ2n) is 10.7. The molecule has 2 aliphatic carbocycles. The van der Waals surface area contributed by atoms with Gasteiger partial charge in [0.25, 0.3) is 0 Å². The number of H-pyrrole nitrogens is 2. The molecule has 4 aromatic rings. The molecular weight excluding hydrogens is 520 g/mol. The molecule has 0 unspecified atom stereocenters. The van der Waals surface area contributed by atoms with Crippen LogP contribution in [0, 0.1) is 0 Å².